The van der Waals surface area contributed by atoms with Gasteiger partial charge in [-0.3, -0.25) is 14.7 Å². The summed E-state index contributed by atoms with van der Waals surface area (Å²) in [6, 6.07) is 5.86. The molecule has 1 saturated heterocycles. The van der Waals surface area contributed by atoms with Crippen LogP contribution in [0, 0.1) is 11.8 Å². The molecule has 2 aromatic rings. The van der Waals surface area contributed by atoms with Crippen LogP contribution >= 0.6 is 0 Å². The summed E-state index contributed by atoms with van der Waals surface area (Å²) in [6.07, 6.45) is -2.45. The molecule has 2 unspecified atom stereocenters. The number of carbonyl (C=O) groups excluding carboxylic acids is 2. The van der Waals surface area contributed by atoms with Gasteiger partial charge in [0, 0.05) is 32.1 Å². The van der Waals surface area contributed by atoms with Crippen LogP contribution in [0.15, 0.2) is 24.3 Å². The number of hydrogen-bond donors (Lipinski definition) is 1. The van der Waals surface area contributed by atoms with Gasteiger partial charge in [0.1, 0.15) is 0 Å². The molecular weight excluding hydrogens is 421 g/mol. The van der Waals surface area contributed by atoms with Crippen molar-refractivity contribution in [2.75, 3.05) is 19.6 Å². The molecule has 0 spiro atoms. The Morgan fingerprint density at radius 3 is 2.44 bits per heavy atom. The molecule has 1 saturated carbocycles. The highest BCUT2D eigenvalue weighted by Crippen LogP contribution is 2.49. The molecule has 3 aliphatic rings. The number of benzene rings is 1. The second-order valence-electron chi connectivity index (χ2n) is 9.20. The fourth-order valence-corrected chi connectivity index (χ4v) is 5.74. The molecule has 3 heterocycles. The number of carbonyl (C=O) groups is 2. The Hall–Kier alpha value is -2.84. The molecule has 5 rings (SSSR count). The van der Waals surface area contributed by atoms with Crippen molar-refractivity contribution >= 4 is 11.8 Å². The average molecular weight is 446 g/mol. The van der Waals surface area contributed by atoms with E-state index < -0.39 is 11.7 Å². The van der Waals surface area contributed by atoms with Crippen molar-refractivity contribution in [3.63, 3.8) is 0 Å². The third-order valence-electron chi connectivity index (χ3n) is 7.33. The first kappa shape index (κ1) is 21.0. The predicted octanol–water partition coefficient (Wildman–Crippen LogP) is 3.60. The van der Waals surface area contributed by atoms with E-state index in [4.69, 9.17) is 0 Å². The van der Waals surface area contributed by atoms with Gasteiger partial charge in [-0.25, -0.2) is 0 Å². The number of likely N-dealkylation sites (tertiary alicyclic amines) is 1. The third kappa shape index (κ3) is 3.57. The Bertz CT molecular complexity index is 1050. The summed E-state index contributed by atoms with van der Waals surface area (Å²) in [5, 5.41) is 7.17. The Balaban J connectivity index is 1.27. The smallest absolute Gasteiger partial charge is 0.337 e. The number of hydrogen-bond acceptors (Lipinski definition) is 3. The van der Waals surface area contributed by atoms with Crippen LogP contribution in [-0.2, 0) is 23.9 Å². The van der Waals surface area contributed by atoms with E-state index in [1.165, 1.54) is 13.0 Å². The minimum absolute atomic E-state index is 0.00727. The summed E-state index contributed by atoms with van der Waals surface area (Å²) >= 11 is 0. The van der Waals surface area contributed by atoms with Gasteiger partial charge in [0.15, 0.2) is 5.69 Å². The molecule has 6 nitrogen and oxygen atoms in total. The largest absolute Gasteiger partial charge is 0.416 e. The number of nitrogens with zero attached hydrogens (tertiary/aromatic N) is 3. The molecule has 2 fully saturated rings. The Morgan fingerprint density at radius 2 is 1.78 bits per heavy atom. The third-order valence-corrected chi connectivity index (χ3v) is 7.33. The molecule has 1 aromatic carbocycles. The van der Waals surface area contributed by atoms with E-state index in [1.807, 2.05) is 0 Å². The number of aromatic amines is 1. The summed E-state index contributed by atoms with van der Waals surface area (Å²) < 4.78 is 40.3. The summed E-state index contributed by atoms with van der Waals surface area (Å²) in [7, 11) is 0. The van der Waals surface area contributed by atoms with Gasteiger partial charge in [0.05, 0.1) is 17.8 Å². The van der Waals surface area contributed by atoms with Crippen molar-refractivity contribution in [3.8, 4) is 0 Å². The molecule has 32 heavy (non-hydrogen) atoms. The van der Waals surface area contributed by atoms with Crippen LogP contribution in [0.25, 0.3) is 0 Å². The van der Waals surface area contributed by atoms with Crippen LogP contribution in [0.1, 0.15) is 58.6 Å². The zero-order valence-electron chi connectivity index (χ0n) is 17.8. The highest BCUT2D eigenvalue weighted by Gasteiger charge is 2.45. The lowest BCUT2D eigenvalue weighted by molar-refractivity contribution is -0.138. The number of alkyl halides is 3. The maximum atomic E-state index is 13.4. The number of fused-ring (bicyclic) bond motifs is 2. The van der Waals surface area contributed by atoms with Crippen molar-refractivity contribution < 1.29 is 22.8 Å². The molecule has 1 aliphatic carbocycles. The quantitative estimate of drug-likeness (QED) is 0.767. The highest BCUT2D eigenvalue weighted by atomic mass is 19.4. The van der Waals surface area contributed by atoms with E-state index in [2.05, 4.69) is 10.2 Å². The van der Waals surface area contributed by atoms with Crippen LogP contribution in [-0.4, -0.2) is 51.4 Å². The average Bonchev–Trinajstić information content (AvgIpc) is 3.45. The zero-order valence-corrected chi connectivity index (χ0v) is 17.8. The van der Waals surface area contributed by atoms with Gasteiger partial charge in [-0.1, -0.05) is 18.2 Å². The first-order valence-corrected chi connectivity index (χ1v) is 11.0. The molecule has 0 radical (unpaired) electrons. The number of halogens is 3. The molecule has 1 N–H and O–H groups in total. The van der Waals surface area contributed by atoms with Gasteiger partial charge in [0.25, 0.3) is 5.91 Å². The molecule has 170 valence electrons. The van der Waals surface area contributed by atoms with Gasteiger partial charge in [-0.15, -0.1) is 0 Å². The minimum Gasteiger partial charge on any atom is -0.337 e. The predicted molar refractivity (Wildman–Crippen MR) is 110 cm³/mol. The van der Waals surface area contributed by atoms with Gasteiger partial charge >= 0.3 is 6.18 Å². The van der Waals surface area contributed by atoms with Crippen LogP contribution < -0.4 is 0 Å². The minimum atomic E-state index is -4.35. The van der Waals surface area contributed by atoms with Gasteiger partial charge in [-0.2, -0.15) is 18.3 Å². The molecular formula is C23H25F3N4O2. The maximum Gasteiger partial charge on any atom is 0.416 e. The topological polar surface area (TPSA) is 69.3 Å². The second-order valence-corrected chi connectivity index (χ2v) is 9.20. The molecule has 3 atom stereocenters. The molecule has 2 aliphatic heterocycles. The fraction of sp³-hybridized carbons (Fsp3) is 0.522. The van der Waals surface area contributed by atoms with Crippen molar-refractivity contribution in [2.24, 2.45) is 11.8 Å². The Kier molecular flexibility index (Phi) is 5.02. The van der Waals surface area contributed by atoms with Crippen molar-refractivity contribution in [1.82, 2.24) is 20.0 Å². The Morgan fingerprint density at radius 1 is 1.09 bits per heavy atom. The van der Waals surface area contributed by atoms with E-state index in [1.54, 1.807) is 21.9 Å². The summed E-state index contributed by atoms with van der Waals surface area (Å²) in [5.41, 5.74) is 1.94. The van der Waals surface area contributed by atoms with E-state index in [0.29, 0.717) is 56.7 Å². The van der Waals surface area contributed by atoms with E-state index in [-0.39, 0.29) is 29.6 Å². The zero-order chi connectivity index (χ0) is 22.6. The first-order chi connectivity index (χ1) is 15.2. The maximum absolute atomic E-state index is 13.4. The lowest BCUT2D eigenvalue weighted by Crippen LogP contribution is -2.35. The van der Waals surface area contributed by atoms with Gasteiger partial charge in [0.2, 0.25) is 5.91 Å². The summed E-state index contributed by atoms with van der Waals surface area (Å²) in [4.78, 5) is 28.3. The second kappa shape index (κ2) is 7.64. The van der Waals surface area contributed by atoms with E-state index in [0.717, 1.165) is 17.3 Å². The molecule has 9 heteroatoms. The highest BCUT2D eigenvalue weighted by molar-refractivity contribution is 5.94. The Labute approximate surface area is 183 Å². The molecule has 2 amide bonds. The molecule has 1 aromatic heterocycles. The van der Waals surface area contributed by atoms with Crippen LogP contribution in [0.2, 0.25) is 0 Å². The molecule has 0 bridgehead atoms. The number of rotatable bonds is 2. The number of aromatic nitrogens is 2. The number of nitrogens with one attached hydrogen (secondary N) is 1. The van der Waals surface area contributed by atoms with Crippen LogP contribution in [0.4, 0.5) is 13.2 Å². The van der Waals surface area contributed by atoms with E-state index >= 15 is 0 Å². The van der Waals surface area contributed by atoms with Gasteiger partial charge in [-0.05, 0) is 48.6 Å². The van der Waals surface area contributed by atoms with Crippen LogP contribution in [0.3, 0.4) is 0 Å². The number of H-pyrrole nitrogens is 1. The van der Waals surface area contributed by atoms with Crippen molar-refractivity contribution in [3.05, 3.63) is 52.3 Å². The fourth-order valence-electron chi connectivity index (χ4n) is 5.74. The first-order valence-electron chi connectivity index (χ1n) is 11.0. The van der Waals surface area contributed by atoms with Gasteiger partial charge < -0.3 is 9.80 Å². The lowest BCUT2D eigenvalue weighted by Gasteiger charge is -2.26. The van der Waals surface area contributed by atoms with E-state index in [9.17, 15) is 22.8 Å². The SMILES string of the molecule is CC(=O)N1CCc2c(C(=O)N3CC4CC(c5ccccc5C(F)(F)F)C[C@H]4C3)n[nH]c2C1. The standard InChI is InChI=1S/C23H25F3N4O2/c1-13(31)29-7-6-18-20(12-29)27-28-21(18)22(32)30-10-15-8-14(9-16(15)11-30)17-4-2-3-5-19(17)23(24,25)26/h2-5,14-16H,6-12H2,1H3,(H,27,28)/t14?,15-,16?/m0/s1. The number of amides is 2. The monoisotopic (exact) mass is 446 g/mol. The summed E-state index contributed by atoms with van der Waals surface area (Å²) in [5.74, 6) is 0.143. The summed E-state index contributed by atoms with van der Waals surface area (Å²) in [6.45, 7) is 3.62. The van der Waals surface area contributed by atoms with Crippen molar-refractivity contribution in [1.29, 1.82) is 0 Å². The van der Waals surface area contributed by atoms with Crippen molar-refractivity contribution in [2.45, 2.75) is 44.8 Å². The van der Waals surface area contributed by atoms with Crippen LogP contribution in [0.5, 0.6) is 0 Å². The lowest BCUT2D eigenvalue weighted by atomic mass is 9.91. The normalized spacial score (nSPS) is 25.1.